The van der Waals surface area contributed by atoms with Crippen LogP contribution in [0.1, 0.15) is 32.4 Å². The zero-order valence-electron chi connectivity index (χ0n) is 11.4. The maximum absolute atomic E-state index is 11.9. The van der Waals surface area contributed by atoms with E-state index in [4.69, 9.17) is 4.74 Å². The minimum absolute atomic E-state index is 0.104. The molecule has 1 unspecified atom stereocenters. The van der Waals surface area contributed by atoms with Gasteiger partial charge in [0.1, 0.15) is 5.75 Å². The van der Waals surface area contributed by atoms with Crippen LogP contribution in [0.5, 0.6) is 5.75 Å². The van der Waals surface area contributed by atoms with Gasteiger partial charge in [0.2, 0.25) is 0 Å². The Kier molecular flexibility index (Phi) is 4.04. The summed E-state index contributed by atoms with van der Waals surface area (Å²) in [4.78, 5) is 16.2. The van der Waals surface area contributed by atoms with Crippen molar-refractivity contribution in [1.82, 2.24) is 10.6 Å². The second-order valence-corrected chi connectivity index (χ2v) is 4.67. The minimum Gasteiger partial charge on any atom is -0.494 e. The lowest BCUT2D eigenvalue weighted by Gasteiger charge is -2.07. The second-order valence-electron chi connectivity index (χ2n) is 4.67. The van der Waals surface area contributed by atoms with Gasteiger partial charge in [-0.1, -0.05) is 12.1 Å². The molecule has 0 saturated carbocycles. The van der Waals surface area contributed by atoms with Crippen LogP contribution in [0.25, 0.3) is 0 Å². The Morgan fingerprint density at radius 1 is 1.37 bits per heavy atom. The fraction of sp³-hybridized carbons (Fsp3) is 0.429. The van der Waals surface area contributed by atoms with Crippen molar-refractivity contribution in [2.75, 3.05) is 6.61 Å². The molecule has 1 heterocycles. The van der Waals surface area contributed by atoms with Crippen molar-refractivity contribution in [2.45, 2.75) is 32.9 Å². The van der Waals surface area contributed by atoms with E-state index in [1.807, 2.05) is 45.0 Å². The summed E-state index contributed by atoms with van der Waals surface area (Å²) in [6.45, 7) is 6.56. The predicted molar refractivity (Wildman–Crippen MR) is 74.2 cm³/mol. The largest absolute Gasteiger partial charge is 0.494 e. The van der Waals surface area contributed by atoms with Gasteiger partial charge in [0.25, 0.3) is 5.91 Å². The number of benzene rings is 1. The maximum Gasteiger partial charge on any atom is 0.256 e. The number of hydrogen-bond donors (Lipinski definition) is 2. The molecule has 0 bridgehead atoms. The fourth-order valence-corrected chi connectivity index (χ4v) is 1.89. The van der Waals surface area contributed by atoms with E-state index in [-0.39, 0.29) is 11.9 Å². The van der Waals surface area contributed by atoms with E-state index in [0.29, 0.717) is 12.6 Å². The predicted octanol–water partition coefficient (Wildman–Crippen LogP) is 1.61. The molecule has 0 aromatic heterocycles. The SMILES string of the molecule is CCOc1ccc(C2N=C(NC(C)C)NC2=O)cc1. The van der Waals surface area contributed by atoms with Crippen LogP contribution in [0, 0.1) is 0 Å². The van der Waals surface area contributed by atoms with E-state index < -0.39 is 6.04 Å². The molecular formula is C14H19N3O2. The molecule has 5 heteroatoms. The first-order chi connectivity index (χ1) is 9.10. The molecule has 2 N–H and O–H groups in total. The molecule has 0 fully saturated rings. The third-order valence-corrected chi connectivity index (χ3v) is 2.68. The summed E-state index contributed by atoms with van der Waals surface area (Å²) in [5, 5.41) is 5.84. The topological polar surface area (TPSA) is 62.7 Å². The molecule has 1 amide bonds. The van der Waals surface area contributed by atoms with E-state index in [9.17, 15) is 4.79 Å². The van der Waals surface area contributed by atoms with Crippen LogP contribution in [-0.2, 0) is 4.79 Å². The van der Waals surface area contributed by atoms with Gasteiger partial charge in [-0.15, -0.1) is 0 Å². The number of rotatable bonds is 4. The Bertz CT molecular complexity index is 480. The molecule has 19 heavy (non-hydrogen) atoms. The van der Waals surface area contributed by atoms with Gasteiger partial charge < -0.3 is 10.1 Å². The van der Waals surface area contributed by atoms with Gasteiger partial charge >= 0.3 is 0 Å². The smallest absolute Gasteiger partial charge is 0.256 e. The van der Waals surface area contributed by atoms with Crippen LogP contribution in [0.15, 0.2) is 29.3 Å². The highest BCUT2D eigenvalue weighted by Crippen LogP contribution is 2.23. The van der Waals surface area contributed by atoms with E-state index in [1.165, 1.54) is 0 Å². The van der Waals surface area contributed by atoms with Crippen molar-refractivity contribution in [3.8, 4) is 5.75 Å². The summed E-state index contributed by atoms with van der Waals surface area (Å²) in [5.41, 5.74) is 0.863. The second kappa shape index (κ2) is 5.73. The third kappa shape index (κ3) is 3.24. The Morgan fingerprint density at radius 2 is 2.05 bits per heavy atom. The Hall–Kier alpha value is -2.04. The first kappa shape index (κ1) is 13.4. The number of guanidine groups is 1. The number of ether oxygens (including phenoxy) is 1. The average Bonchev–Trinajstić information content (AvgIpc) is 2.71. The van der Waals surface area contributed by atoms with Crippen LogP contribution in [-0.4, -0.2) is 24.5 Å². The van der Waals surface area contributed by atoms with Crippen molar-refractivity contribution in [3.05, 3.63) is 29.8 Å². The maximum atomic E-state index is 11.9. The lowest BCUT2D eigenvalue weighted by Crippen LogP contribution is -2.40. The van der Waals surface area contributed by atoms with Crippen molar-refractivity contribution in [1.29, 1.82) is 0 Å². The van der Waals surface area contributed by atoms with Crippen LogP contribution in [0.3, 0.4) is 0 Å². The molecule has 1 aromatic rings. The summed E-state index contributed by atoms with van der Waals surface area (Å²) in [6.07, 6.45) is 0. The van der Waals surface area contributed by atoms with Gasteiger partial charge in [0, 0.05) is 6.04 Å². The first-order valence-corrected chi connectivity index (χ1v) is 6.48. The van der Waals surface area contributed by atoms with Gasteiger partial charge in [-0.2, -0.15) is 0 Å². The molecule has 2 rings (SSSR count). The quantitative estimate of drug-likeness (QED) is 0.865. The fourth-order valence-electron chi connectivity index (χ4n) is 1.89. The zero-order chi connectivity index (χ0) is 13.8. The lowest BCUT2D eigenvalue weighted by molar-refractivity contribution is -0.120. The third-order valence-electron chi connectivity index (χ3n) is 2.68. The standard InChI is InChI=1S/C14H19N3O2/c1-4-19-11-7-5-10(6-8-11)12-13(18)17-14(16-12)15-9(2)3/h5-9,12H,4H2,1-3H3,(H2,15,16,17,18). The van der Waals surface area contributed by atoms with Gasteiger partial charge in [0.15, 0.2) is 12.0 Å². The molecule has 0 saturated heterocycles. The summed E-state index contributed by atoms with van der Waals surface area (Å²) in [7, 11) is 0. The van der Waals surface area contributed by atoms with Crippen LogP contribution < -0.4 is 15.4 Å². The van der Waals surface area contributed by atoms with Crippen molar-refractivity contribution in [2.24, 2.45) is 4.99 Å². The monoisotopic (exact) mass is 261 g/mol. The van der Waals surface area contributed by atoms with E-state index in [1.54, 1.807) is 0 Å². The van der Waals surface area contributed by atoms with Crippen molar-refractivity contribution in [3.63, 3.8) is 0 Å². The molecule has 1 atom stereocenters. The van der Waals surface area contributed by atoms with Crippen molar-refractivity contribution < 1.29 is 9.53 Å². The number of hydrogen-bond acceptors (Lipinski definition) is 4. The number of nitrogens with zero attached hydrogens (tertiary/aromatic N) is 1. The molecule has 0 radical (unpaired) electrons. The van der Waals surface area contributed by atoms with E-state index in [2.05, 4.69) is 15.6 Å². The highest BCUT2D eigenvalue weighted by Gasteiger charge is 2.27. The molecule has 0 spiro atoms. The normalized spacial score (nSPS) is 18.2. The van der Waals surface area contributed by atoms with E-state index >= 15 is 0 Å². The highest BCUT2D eigenvalue weighted by atomic mass is 16.5. The number of aliphatic imine (C=N–C) groups is 1. The minimum atomic E-state index is -0.475. The molecular weight excluding hydrogens is 242 g/mol. The molecule has 102 valence electrons. The number of nitrogens with one attached hydrogen (secondary N) is 2. The molecule has 1 aliphatic heterocycles. The molecule has 5 nitrogen and oxygen atoms in total. The van der Waals surface area contributed by atoms with Gasteiger partial charge in [-0.05, 0) is 38.5 Å². The highest BCUT2D eigenvalue weighted by molar-refractivity contribution is 6.05. The lowest BCUT2D eigenvalue weighted by atomic mass is 10.1. The van der Waals surface area contributed by atoms with Gasteiger partial charge in [-0.25, -0.2) is 4.99 Å². The van der Waals surface area contributed by atoms with Gasteiger partial charge in [0.05, 0.1) is 6.61 Å². The first-order valence-electron chi connectivity index (χ1n) is 6.48. The Balaban J connectivity index is 2.12. The molecule has 1 aromatic carbocycles. The molecule has 0 aliphatic carbocycles. The van der Waals surface area contributed by atoms with E-state index in [0.717, 1.165) is 11.3 Å². The van der Waals surface area contributed by atoms with Crippen LogP contribution >= 0.6 is 0 Å². The Labute approximate surface area is 113 Å². The summed E-state index contributed by atoms with van der Waals surface area (Å²) < 4.78 is 5.38. The van der Waals surface area contributed by atoms with Gasteiger partial charge in [-0.3, -0.25) is 10.1 Å². The van der Waals surface area contributed by atoms with Crippen LogP contribution in [0.4, 0.5) is 0 Å². The summed E-state index contributed by atoms with van der Waals surface area (Å²) in [5.74, 6) is 1.24. The number of amides is 1. The number of carbonyl (C=O) groups excluding carboxylic acids is 1. The van der Waals surface area contributed by atoms with Crippen molar-refractivity contribution >= 4 is 11.9 Å². The van der Waals surface area contributed by atoms with Crippen LogP contribution in [0.2, 0.25) is 0 Å². The summed E-state index contributed by atoms with van der Waals surface area (Å²) >= 11 is 0. The summed E-state index contributed by atoms with van der Waals surface area (Å²) in [6, 6.07) is 7.22. The molecule has 1 aliphatic rings. The zero-order valence-corrected chi connectivity index (χ0v) is 11.4. The Morgan fingerprint density at radius 3 is 2.63 bits per heavy atom. The average molecular weight is 261 g/mol. The number of carbonyl (C=O) groups is 1.